The summed E-state index contributed by atoms with van der Waals surface area (Å²) >= 11 is 12.9. The second-order valence-electron chi connectivity index (χ2n) is 5.41. The van der Waals surface area contributed by atoms with Crippen molar-refractivity contribution in [2.45, 2.75) is 12.4 Å². The van der Waals surface area contributed by atoms with E-state index >= 15 is 0 Å². The van der Waals surface area contributed by atoms with Gasteiger partial charge in [0.1, 0.15) is 5.75 Å². The molecule has 8 heteroatoms. The number of aryl methyl sites for hydroxylation is 1. The summed E-state index contributed by atoms with van der Waals surface area (Å²) in [6.07, 6.45) is 1.69. The Morgan fingerprint density at radius 3 is 2.92 bits per heavy atom. The fourth-order valence-corrected chi connectivity index (χ4v) is 4.98. The molecule has 25 heavy (non-hydrogen) atoms. The van der Waals surface area contributed by atoms with Crippen molar-refractivity contribution >= 4 is 79.6 Å². The summed E-state index contributed by atoms with van der Waals surface area (Å²) in [6.45, 7) is 1.97. The Morgan fingerprint density at radius 2 is 2.16 bits per heavy atom. The van der Waals surface area contributed by atoms with Crippen molar-refractivity contribution in [1.82, 2.24) is 5.32 Å². The average molecular weight is 552 g/mol. The Morgan fingerprint density at radius 1 is 1.40 bits per heavy atom. The largest absolute Gasteiger partial charge is 0.506 e. The van der Waals surface area contributed by atoms with E-state index in [1.807, 2.05) is 31.2 Å². The minimum Gasteiger partial charge on any atom is -0.506 e. The van der Waals surface area contributed by atoms with Gasteiger partial charge in [-0.2, -0.15) is 0 Å². The quantitative estimate of drug-likeness (QED) is 0.357. The number of hydrogen-bond acceptors (Lipinski definition) is 4. The Labute approximate surface area is 176 Å². The van der Waals surface area contributed by atoms with Gasteiger partial charge in [0, 0.05) is 20.7 Å². The normalized spacial score (nSPS) is 18.5. The number of thioether (sulfide) groups is 1. The molecule has 0 aliphatic carbocycles. The van der Waals surface area contributed by atoms with E-state index in [-0.39, 0.29) is 17.2 Å². The van der Waals surface area contributed by atoms with E-state index in [0.717, 1.165) is 15.7 Å². The summed E-state index contributed by atoms with van der Waals surface area (Å²) in [5.74, 6) is -0.0247. The maximum Gasteiger partial charge on any atom is 0.260 e. The van der Waals surface area contributed by atoms with Gasteiger partial charge in [0.2, 0.25) is 0 Å². The lowest BCUT2D eigenvalue weighted by Crippen LogP contribution is -2.31. The van der Waals surface area contributed by atoms with E-state index in [4.69, 9.17) is 11.6 Å². The van der Waals surface area contributed by atoms with Gasteiger partial charge in [-0.3, -0.25) is 4.79 Å². The van der Waals surface area contributed by atoms with Crippen LogP contribution in [0.3, 0.4) is 0 Å². The number of halogens is 3. The molecule has 1 aliphatic rings. The number of nitrogens with one attached hydrogen (secondary N) is 2. The molecule has 2 aromatic rings. The number of carbonyl (C=O) groups excluding carboxylic acids is 1. The zero-order chi connectivity index (χ0) is 18.1. The smallest absolute Gasteiger partial charge is 0.260 e. The van der Waals surface area contributed by atoms with Gasteiger partial charge in [0.25, 0.3) is 5.91 Å². The highest BCUT2D eigenvalue weighted by Gasteiger charge is 2.28. The molecule has 0 aromatic heterocycles. The molecule has 0 bridgehead atoms. The maximum atomic E-state index is 12.3. The first-order chi connectivity index (χ1) is 11.8. The highest BCUT2D eigenvalue weighted by Crippen LogP contribution is 2.35. The van der Waals surface area contributed by atoms with Crippen LogP contribution in [-0.2, 0) is 4.79 Å². The number of phenolic OH excluding ortho intramolecular Hbond substituents is 1. The minimum atomic E-state index is -0.302. The van der Waals surface area contributed by atoms with Gasteiger partial charge in [-0.15, -0.1) is 0 Å². The highest BCUT2D eigenvalue weighted by molar-refractivity contribution is 14.1. The molecule has 0 radical (unpaired) electrons. The molecule has 1 atom stereocenters. The molecule has 1 saturated heterocycles. The van der Waals surface area contributed by atoms with Crippen molar-refractivity contribution in [3.8, 4) is 5.75 Å². The van der Waals surface area contributed by atoms with Crippen molar-refractivity contribution in [2.24, 2.45) is 0 Å². The molecule has 1 unspecified atom stereocenters. The van der Waals surface area contributed by atoms with Crippen LogP contribution >= 0.6 is 61.9 Å². The van der Waals surface area contributed by atoms with Crippen LogP contribution in [0.1, 0.15) is 11.1 Å². The molecule has 1 amide bonds. The number of aromatic hydroxyl groups is 1. The van der Waals surface area contributed by atoms with Crippen LogP contribution in [0.4, 0.5) is 5.69 Å². The first-order valence-corrected chi connectivity index (χ1v) is 10.4. The predicted molar refractivity (Wildman–Crippen MR) is 116 cm³/mol. The third-order valence-corrected chi connectivity index (χ3v) is 6.11. The summed E-state index contributed by atoms with van der Waals surface area (Å²) in [5.41, 5.74) is 2.20. The number of hydrogen-bond donors (Lipinski definition) is 3. The average Bonchev–Trinajstić information content (AvgIpc) is 2.87. The number of carbonyl (C=O) groups is 1. The van der Waals surface area contributed by atoms with Gasteiger partial charge in [0.05, 0.1) is 8.48 Å². The fraction of sp³-hybridized carbons (Fsp3) is 0.118. The Balaban J connectivity index is 1.82. The fourth-order valence-electron chi connectivity index (χ4n) is 2.29. The Bertz CT molecular complexity index is 891. The van der Waals surface area contributed by atoms with Gasteiger partial charge < -0.3 is 15.7 Å². The van der Waals surface area contributed by atoms with E-state index in [1.165, 1.54) is 11.8 Å². The molecule has 0 saturated carbocycles. The second kappa shape index (κ2) is 7.77. The summed E-state index contributed by atoms with van der Waals surface area (Å²) in [4.78, 5) is 12.8. The van der Waals surface area contributed by atoms with Crippen LogP contribution in [-0.4, -0.2) is 16.5 Å². The second-order valence-corrected chi connectivity index (χ2v) is 9.07. The number of anilines is 1. The van der Waals surface area contributed by atoms with E-state index in [2.05, 4.69) is 49.2 Å². The van der Waals surface area contributed by atoms with Crippen molar-refractivity contribution in [3.05, 3.63) is 59.4 Å². The Hall–Kier alpha value is -0.900. The van der Waals surface area contributed by atoms with Gasteiger partial charge in [-0.05, 0) is 65.4 Å². The van der Waals surface area contributed by atoms with Crippen molar-refractivity contribution in [2.75, 3.05) is 5.32 Å². The molecule has 0 spiro atoms. The van der Waals surface area contributed by atoms with Crippen LogP contribution in [0, 0.1) is 10.5 Å². The highest BCUT2D eigenvalue weighted by atomic mass is 127. The third-order valence-electron chi connectivity index (χ3n) is 3.56. The van der Waals surface area contributed by atoms with Crippen LogP contribution in [0.2, 0.25) is 5.02 Å². The zero-order valence-electron chi connectivity index (χ0n) is 12.9. The number of rotatable bonds is 3. The molecular formula is C17H13BrClIN2O2S. The summed E-state index contributed by atoms with van der Waals surface area (Å²) in [6, 6.07) is 9.16. The lowest BCUT2D eigenvalue weighted by Gasteiger charge is -2.15. The van der Waals surface area contributed by atoms with E-state index in [9.17, 15) is 9.90 Å². The Kier molecular flexibility index (Phi) is 5.87. The van der Waals surface area contributed by atoms with Crippen molar-refractivity contribution in [1.29, 1.82) is 0 Å². The third kappa shape index (κ3) is 4.45. The van der Waals surface area contributed by atoms with Gasteiger partial charge in [0.15, 0.2) is 5.50 Å². The molecule has 1 heterocycles. The topological polar surface area (TPSA) is 61.4 Å². The van der Waals surface area contributed by atoms with E-state index < -0.39 is 0 Å². The molecule has 3 rings (SSSR count). The number of benzene rings is 2. The summed E-state index contributed by atoms with van der Waals surface area (Å²) in [7, 11) is 0. The molecule has 4 nitrogen and oxygen atoms in total. The lowest BCUT2D eigenvalue weighted by atomic mass is 10.2. The monoisotopic (exact) mass is 550 g/mol. The van der Waals surface area contributed by atoms with E-state index in [0.29, 0.717) is 19.1 Å². The molecular weight excluding hydrogens is 539 g/mol. The molecule has 2 aromatic carbocycles. The number of amides is 1. The SMILES string of the molecule is Cc1ccc(Cl)cc1NC1NC(=O)/C(=C/c2cc(Br)cc(I)c2O)S1. The van der Waals surface area contributed by atoms with Crippen LogP contribution in [0.25, 0.3) is 6.08 Å². The van der Waals surface area contributed by atoms with Crippen LogP contribution < -0.4 is 10.6 Å². The molecule has 3 N–H and O–H groups in total. The molecule has 130 valence electrons. The summed E-state index contributed by atoms with van der Waals surface area (Å²) < 4.78 is 1.56. The first kappa shape index (κ1) is 18.9. The van der Waals surface area contributed by atoms with Gasteiger partial charge in [-0.25, -0.2) is 0 Å². The summed E-state index contributed by atoms with van der Waals surface area (Å²) in [5, 5.41) is 17.0. The van der Waals surface area contributed by atoms with Gasteiger partial charge in [-0.1, -0.05) is 45.4 Å². The lowest BCUT2D eigenvalue weighted by molar-refractivity contribution is -0.116. The van der Waals surface area contributed by atoms with Gasteiger partial charge >= 0.3 is 0 Å². The van der Waals surface area contributed by atoms with Crippen molar-refractivity contribution < 1.29 is 9.90 Å². The van der Waals surface area contributed by atoms with Crippen LogP contribution in [0.15, 0.2) is 39.7 Å². The number of phenols is 1. The first-order valence-electron chi connectivity index (χ1n) is 7.23. The maximum absolute atomic E-state index is 12.3. The standard InChI is InChI=1S/C17H13BrClIN2O2S/c1-8-2-3-11(19)7-13(8)21-17-22-16(24)14(25-17)5-9-4-10(18)6-12(20)15(9)23/h2-7,17,21,23H,1H3,(H,22,24)/b14-5-. The van der Waals surface area contributed by atoms with Crippen molar-refractivity contribution in [3.63, 3.8) is 0 Å². The minimum absolute atomic E-state index is 0.159. The van der Waals surface area contributed by atoms with Crippen LogP contribution in [0.5, 0.6) is 5.75 Å². The predicted octanol–water partition coefficient (Wildman–Crippen LogP) is 5.32. The van der Waals surface area contributed by atoms with E-state index in [1.54, 1.807) is 12.1 Å². The molecule has 1 fully saturated rings. The molecule has 1 aliphatic heterocycles. The zero-order valence-corrected chi connectivity index (χ0v) is 18.3.